The molecule has 1 saturated heterocycles. The minimum atomic E-state index is -1.14. The van der Waals surface area contributed by atoms with Crippen LogP contribution in [0.5, 0.6) is 5.75 Å². The van der Waals surface area contributed by atoms with E-state index in [1.54, 1.807) is 9.80 Å². The number of carbonyl (C=O) groups excluding carboxylic acids is 2. The molecule has 2 aromatic carbocycles. The minimum absolute atomic E-state index is 0.0338. The molecule has 2 fully saturated rings. The quantitative estimate of drug-likeness (QED) is 0.833. The largest absolute Gasteiger partial charge is 0.471 e. The van der Waals surface area contributed by atoms with Gasteiger partial charge in [0.2, 0.25) is 0 Å². The molecule has 3 aliphatic rings. The van der Waals surface area contributed by atoms with E-state index in [9.17, 15) is 14.7 Å². The number of nitrogens with one attached hydrogen (secondary N) is 1. The summed E-state index contributed by atoms with van der Waals surface area (Å²) in [5.41, 5.74) is 2.53. The van der Waals surface area contributed by atoms with Crippen molar-refractivity contribution >= 4 is 17.5 Å². The molecule has 0 radical (unpaired) electrons. The summed E-state index contributed by atoms with van der Waals surface area (Å²) in [4.78, 5) is 28.5. The number of nitrogens with zero attached hydrogens (tertiary/aromatic N) is 2. The summed E-state index contributed by atoms with van der Waals surface area (Å²) in [5.74, 6) is 0.612. The number of rotatable bonds is 3. The molecule has 7 heteroatoms. The molecular weight excluding hydrogens is 370 g/mol. The van der Waals surface area contributed by atoms with Gasteiger partial charge in [0.1, 0.15) is 11.4 Å². The Labute approximate surface area is 168 Å². The van der Waals surface area contributed by atoms with E-state index in [1.165, 1.54) is 0 Å². The predicted octanol–water partition coefficient (Wildman–Crippen LogP) is 1.92. The van der Waals surface area contributed by atoms with Crippen molar-refractivity contribution in [2.24, 2.45) is 0 Å². The molecule has 0 atom stereocenters. The second-order valence-corrected chi connectivity index (χ2v) is 7.84. The fourth-order valence-corrected chi connectivity index (χ4v) is 3.97. The number of fused-ring (bicyclic) bond motifs is 1. The Morgan fingerprint density at radius 2 is 1.66 bits per heavy atom. The lowest BCUT2D eigenvalue weighted by Gasteiger charge is -2.35. The maximum atomic E-state index is 12.9. The minimum Gasteiger partial charge on any atom is -0.471 e. The first-order valence-corrected chi connectivity index (χ1v) is 9.96. The molecule has 0 bridgehead atoms. The van der Waals surface area contributed by atoms with Gasteiger partial charge in [0.15, 0.2) is 6.73 Å². The number of anilines is 1. The van der Waals surface area contributed by atoms with Crippen LogP contribution in [0.25, 0.3) is 11.1 Å². The average Bonchev–Trinajstić information content (AvgIpc) is 3.33. The smallest absolute Gasteiger partial charge is 0.254 e. The lowest BCUT2D eigenvalue weighted by molar-refractivity contribution is -0.143. The van der Waals surface area contributed by atoms with Crippen LogP contribution in [0.1, 0.15) is 23.2 Å². The predicted molar refractivity (Wildman–Crippen MR) is 108 cm³/mol. The third-order valence-electron chi connectivity index (χ3n) is 5.92. The van der Waals surface area contributed by atoms with Crippen LogP contribution in [0.15, 0.2) is 42.5 Å². The van der Waals surface area contributed by atoms with E-state index in [1.807, 2.05) is 42.5 Å². The Morgan fingerprint density at radius 3 is 2.34 bits per heavy atom. The van der Waals surface area contributed by atoms with Gasteiger partial charge in [0, 0.05) is 37.3 Å². The average molecular weight is 393 g/mol. The van der Waals surface area contributed by atoms with Gasteiger partial charge < -0.3 is 25.0 Å². The number of hydrogen-bond acceptors (Lipinski definition) is 5. The summed E-state index contributed by atoms with van der Waals surface area (Å²) in [6, 6.07) is 13.5. The second kappa shape index (κ2) is 6.77. The number of amides is 2. The van der Waals surface area contributed by atoms with E-state index < -0.39 is 5.60 Å². The molecule has 1 saturated carbocycles. The second-order valence-electron chi connectivity index (χ2n) is 7.84. The Balaban J connectivity index is 1.26. The van der Waals surface area contributed by atoms with Gasteiger partial charge in [-0.1, -0.05) is 24.3 Å². The highest BCUT2D eigenvalue weighted by molar-refractivity contribution is 5.95. The molecule has 1 aliphatic carbocycles. The van der Waals surface area contributed by atoms with Crippen LogP contribution in [0.3, 0.4) is 0 Å². The molecule has 7 nitrogen and oxygen atoms in total. The van der Waals surface area contributed by atoms with Crippen LogP contribution in [0.2, 0.25) is 0 Å². The number of aliphatic hydroxyl groups is 1. The Hall–Kier alpha value is -3.06. The summed E-state index contributed by atoms with van der Waals surface area (Å²) in [6.07, 6.45) is 1.09. The molecule has 2 amide bonds. The van der Waals surface area contributed by atoms with Gasteiger partial charge >= 0.3 is 0 Å². The zero-order valence-corrected chi connectivity index (χ0v) is 16.1. The fourth-order valence-electron chi connectivity index (χ4n) is 3.97. The molecule has 0 unspecified atom stereocenters. The molecule has 0 spiro atoms. The van der Waals surface area contributed by atoms with Crippen molar-refractivity contribution in [1.29, 1.82) is 0 Å². The Kier molecular flexibility index (Phi) is 4.20. The number of ether oxygens (including phenoxy) is 1. The van der Waals surface area contributed by atoms with E-state index in [0.717, 1.165) is 22.6 Å². The van der Waals surface area contributed by atoms with Gasteiger partial charge in [-0.2, -0.15) is 0 Å². The van der Waals surface area contributed by atoms with Crippen molar-refractivity contribution in [3.63, 3.8) is 0 Å². The molecule has 2 aromatic rings. The van der Waals surface area contributed by atoms with Gasteiger partial charge in [-0.05, 0) is 36.6 Å². The number of benzene rings is 2. The molecular formula is C22H23N3O4. The van der Waals surface area contributed by atoms with Crippen molar-refractivity contribution in [1.82, 2.24) is 9.80 Å². The SMILES string of the molecule is O=C(c1ccc(-c2cccc3c2NCO3)cc1)N1CCN(C(=O)C2(O)CC2)CC1. The summed E-state index contributed by atoms with van der Waals surface area (Å²) < 4.78 is 5.54. The van der Waals surface area contributed by atoms with Crippen LogP contribution in [-0.4, -0.2) is 65.2 Å². The van der Waals surface area contributed by atoms with E-state index in [2.05, 4.69) is 5.32 Å². The zero-order chi connectivity index (χ0) is 20.0. The maximum absolute atomic E-state index is 12.9. The Bertz CT molecular complexity index is 961. The van der Waals surface area contributed by atoms with Gasteiger partial charge in [-0.25, -0.2) is 0 Å². The lowest BCUT2D eigenvalue weighted by atomic mass is 10.0. The van der Waals surface area contributed by atoms with Crippen molar-refractivity contribution in [2.45, 2.75) is 18.4 Å². The Morgan fingerprint density at radius 1 is 0.966 bits per heavy atom. The summed E-state index contributed by atoms with van der Waals surface area (Å²) in [6.45, 7) is 2.36. The highest BCUT2D eigenvalue weighted by atomic mass is 16.5. The first kappa shape index (κ1) is 18.0. The van der Waals surface area contributed by atoms with Gasteiger partial charge in [-0.15, -0.1) is 0 Å². The van der Waals surface area contributed by atoms with Crippen LogP contribution in [0.4, 0.5) is 5.69 Å². The molecule has 2 heterocycles. The van der Waals surface area contributed by atoms with E-state index >= 15 is 0 Å². The topological polar surface area (TPSA) is 82.1 Å². The van der Waals surface area contributed by atoms with Gasteiger partial charge in [-0.3, -0.25) is 9.59 Å². The third-order valence-corrected chi connectivity index (χ3v) is 5.92. The molecule has 150 valence electrons. The standard InChI is InChI=1S/C22H23N3O4/c26-20(24-10-12-25(13-11-24)21(27)22(28)8-9-22)16-6-4-15(5-7-16)17-2-1-3-18-19(17)23-14-29-18/h1-7,23,28H,8-14H2. The summed E-state index contributed by atoms with van der Waals surface area (Å²) in [7, 11) is 0. The van der Waals surface area contributed by atoms with E-state index in [-0.39, 0.29) is 11.8 Å². The van der Waals surface area contributed by atoms with Crippen LogP contribution in [-0.2, 0) is 4.79 Å². The summed E-state index contributed by atoms with van der Waals surface area (Å²) in [5, 5.41) is 13.2. The highest BCUT2D eigenvalue weighted by Gasteiger charge is 2.50. The molecule has 5 rings (SSSR count). The molecule has 0 aromatic heterocycles. The fraction of sp³-hybridized carbons (Fsp3) is 0.364. The molecule has 29 heavy (non-hydrogen) atoms. The van der Waals surface area contributed by atoms with Crippen LogP contribution < -0.4 is 10.1 Å². The van der Waals surface area contributed by atoms with Crippen molar-refractivity contribution in [3.8, 4) is 16.9 Å². The van der Waals surface area contributed by atoms with Gasteiger partial charge in [0.05, 0.1) is 5.69 Å². The van der Waals surface area contributed by atoms with Crippen molar-refractivity contribution < 1.29 is 19.4 Å². The van der Waals surface area contributed by atoms with Crippen LogP contribution in [0, 0.1) is 0 Å². The third kappa shape index (κ3) is 3.21. The molecule has 2 N–H and O–H groups in total. The number of para-hydroxylation sites is 1. The van der Waals surface area contributed by atoms with Gasteiger partial charge in [0.25, 0.3) is 11.8 Å². The van der Waals surface area contributed by atoms with E-state index in [0.29, 0.717) is 51.3 Å². The first-order chi connectivity index (χ1) is 14.0. The zero-order valence-electron chi connectivity index (χ0n) is 16.1. The monoisotopic (exact) mass is 393 g/mol. The van der Waals surface area contributed by atoms with Crippen molar-refractivity contribution in [2.75, 3.05) is 38.2 Å². The lowest BCUT2D eigenvalue weighted by Crippen LogP contribution is -2.53. The molecule has 2 aliphatic heterocycles. The van der Waals surface area contributed by atoms with E-state index in [4.69, 9.17) is 4.74 Å². The maximum Gasteiger partial charge on any atom is 0.254 e. The first-order valence-electron chi connectivity index (χ1n) is 9.96. The van der Waals surface area contributed by atoms with Crippen LogP contribution >= 0.6 is 0 Å². The number of hydrogen-bond donors (Lipinski definition) is 2. The van der Waals surface area contributed by atoms with Crippen molar-refractivity contribution in [3.05, 3.63) is 48.0 Å². The summed E-state index contributed by atoms with van der Waals surface area (Å²) >= 11 is 0. The normalized spacial score (nSPS) is 19.2. The highest BCUT2D eigenvalue weighted by Crippen LogP contribution is 2.39. The number of carbonyl (C=O) groups is 2. The number of piperazine rings is 1.